The Morgan fingerprint density at radius 1 is 0.304 bits per heavy atom. The zero-order chi connectivity index (χ0) is 31.5. The van der Waals surface area contributed by atoms with Gasteiger partial charge in [-0.3, -0.25) is 0 Å². The molecule has 0 nitrogen and oxygen atoms in total. The van der Waals surface area contributed by atoms with Crippen LogP contribution < -0.4 is 37.8 Å². The standard InChI is InChI=1S/C24H20B.C19H17ClP/c1-5-13-21(14-6-1)25(22-15-7-2-8-16-22,23-17-9-3-10-18-23)24-19-11-4-12-20-24;20-16-21(17-10-4-1-5-11-17,18-12-6-2-7-13-18)19-14-8-3-9-15-19/h1-20H;1-15H,16H2/q-1;+1. The molecule has 0 saturated carbocycles. The molecule has 0 radical (unpaired) electrons. The second kappa shape index (κ2) is 15.1. The fourth-order valence-electron chi connectivity index (χ4n) is 6.82. The van der Waals surface area contributed by atoms with Crippen molar-refractivity contribution in [2.45, 2.75) is 0 Å². The van der Waals surface area contributed by atoms with Gasteiger partial charge in [-0.05, 0) is 36.4 Å². The second-order valence-electron chi connectivity index (χ2n) is 11.4. The van der Waals surface area contributed by atoms with Crippen LogP contribution in [-0.2, 0) is 0 Å². The van der Waals surface area contributed by atoms with Gasteiger partial charge >= 0.3 is 0 Å². The Bertz CT molecular complexity index is 1630. The van der Waals surface area contributed by atoms with Crippen molar-refractivity contribution >= 4 is 62.8 Å². The lowest BCUT2D eigenvalue weighted by atomic mass is 9.13. The summed E-state index contributed by atoms with van der Waals surface area (Å²) in [5, 5.41) is 3.99. The van der Waals surface area contributed by atoms with Gasteiger partial charge in [0, 0.05) is 0 Å². The number of halogens is 1. The van der Waals surface area contributed by atoms with Gasteiger partial charge < -0.3 is 0 Å². The first kappa shape index (κ1) is 31.3. The van der Waals surface area contributed by atoms with Crippen molar-refractivity contribution in [3.05, 3.63) is 212 Å². The zero-order valence-electron chi connectivity index (χ0n) is 25.8. The van der Waals surface area contributed by atoms with E-state index >= 15 is 0 Å². The predicted molar refractivity (Wildman–Crippen MR) is 206 cm³/mol. The highest BCUT2D eigenvalue weighted by molar-refractivity contribution is 7.96. The van der Waals surface area contributed by atoms with Crippen LogP contribution in [0.5, 0.6) is 0 Å². The van der Waals surface area contributed by atoms with E-state index in [2.05, 4.69) is 212 Å². The van der Waals surface area contributed by atoms with Gasteiger partial charge in [0.15, 0.2) is 0 Å². The van der Waals surface area contributed by atoms with E-state index in [1.807, 2.05) is 0 Å². The fraction of sp³-hybridized carbons (Fsp3) is 0.0233. The lowest BCUT2D eigenvalue weighted by Gasteiger charge is -2.44. The van der Waals surface area contributed by atoms with E-state index in [9.17, 15) is 0 Å². The molecule has 46 heavy (non-hydrogen) atoms. The number of hydrogen-bond acceptors (Lipinski definition) is 0. The van der Waals surface area contributed by atoms with Crippen molar-refractivity contribution in [1.82, 2.24) is 0 Å². The van der Waals surface area contributed by atoms with E-state index in [4.69, 9.17) is 11.6 Å². The maximum atomic E-state index is 6.58. The van der Waals surface area contributed by atoms with Crippen molar-refractivity contribution in [3.63, 3.8) is 0 Å². The number of hydrogen-bond donors (Lipinski definition) is 0. The first-order valence-corrected chi connectivity index (χ1v) is 18.3. The maximum absolute atomic E-state index is 6.58. The van der Waals surface area contributed by atoms with E-state index < -0.39 is 13.4 Å². The average Bonchev–Trinajstić information content (AvgIpc) is 3.16. The lowest BCUT2D eigenvalue weighted by molar-refractivity contribution is 1.66. The topological polar surface area (TPSA) is 0 Å². The summed E-state index contributed by atoms with van der Waals surface area (Å²) in [4.78, 5) is 0. The van der Waals surface area contributed by atoms with Gasteiger partial charge in [-0.15, -0.1) is 0 Å². The van der Waals surface area contributed by atoms with Gasteiger partial charge in [-0.2, -0.15) is 21.9 Å². The summed E-state index contributed by atoms with van der Waals surface area (Å²) in [5.41, 5.74) is 5.97. The van der Waals surface area contributed by atoms with Gasteiger partial charge in [0.2, 0.25) is 0 Å². The van der Waals surface area contributed by atoms with Crippen LogP contribution in [0.25, 0.3) is 0 Å². The Kier molecular flexibility index (Phi) is 10.3. The number of benzene rings is 7. The first-order chi connectivity index (χ1) is 22.8. The smallest absolute Gasteiger partial charge is 0.146 e. The summed E-state index contributed by atoms with van der Waals surface area (Å²) in [6.45, 7) is 0. The molecular weight excluding hydrogens is 594 g/mol. The van der Waals surface area contributed by atoms with Crippen LogP contribution in [0.1, 0.15) is 0 Å². The van der Waals surface area contributed by atoms with Gasteiger partial charge in [0.05, 0.1) is 0 Å². The van der Waals surface area contributed by atoms with Crippen LogP contribution in [0.3, 0.4) is 0 Å². The quantitative estimate of drug-likeness (QED) is 0.0944. The van der Waals surface area contributed by atoms with E-state index in [1.165, 1.54) is 37.8 Å². The van der Waals surface area contributed by atoms with Crippen LogP contribution in [0.2, 0.25) is 0 Å². The highest BCUT2D eigenvalue weighted by Gasteiger charge is 2.44. The summed E-state index contributed by atoms with van der Waals surface area (Å²) in [5.74, 6) is 0. The number of alkyl halides is 1. The van der Waals surface area contributed by atoms with Crippen LogP contribution in [-0.4, -0.2) is 11.8 Å². The molecule has 0 aliphatic heterocycles. The molecular formula is C43H37BClP. The molecule has 0 heterocycles. The number of rotatable bonds is 8. The minimum atomic E-state index is -1.77. The molecule has 0 bridgehead atoms. The molecule has 0 atom stereocenters. The normalized spacial score (nSPS) is 11.2. The molecule has 0 amide bonds. The van der Waals surface area contributed by atoms with E-state index in [0.717, 1.165) is 0 Å². The Hall–Kier alpha value is -4.68. The van der Waals surface area contributed by atoms with Gasteiger partial charge in [0.25, 0.3) is 0 Å². The van der Waals surface area contributed by atoms with E-state index in [0.29, 0.717) is 5.62 Å². The summed E-state index contributed by atoms with van der Waals surface area (Å²) in [7, 11) is -1.77. The van der Waals surface area contributed by atoms with E-state index in [1.54, 1.807) is 0 Å². The van der Waals surface area contributed by atoms with Crippen molar-refractivity contribution < 1.29 is 0 Å². The van der Waals surface area contributed by atoms with Gasteiger partial charge in [-0.25, -0.2) is 0 Å². The Morgan fingerprint density at radius 2 is 0.500 bits per heavy atom. The molecule has 7 aromatic carbocycles. The fourth-order valence-corrected chi connectivity index (χ4v) is 11.4. The lowest BCUT2D eigenvalue weighted by Crippen LogP contribution is -2.74. The molecule has 7 aromatic rings. The second-order valence-corrected chi connectivity index (χ2v) is 15.6. The van der Waals surface area contributed by atoms with E-state index in [-0.39, 0.29) is 0 Å². The van der Waals surface area contributed by atoms with Crippen LogP contribution >= 0.6 is 18.9 Å². The molecule has 0 fully saturated rings. The van der Waals surface area contributed by atoms with Gasteiger partial charge in [-0.1, -0.05) is 188 Å². The summed E-state index contributed by atoms with van der Waals surface area (Å²) < 4.78 is 0. The third-order valence-electron chi connectivity index (χ3n) is 8.97. The third-order valence-corrected chi connectivity index (χ3v) is 13.9. The average molecular weight is 631 g/mol. The highest BCUT2D eigenvalue weighted by atomic mass is 35.5. The SMILES string of the molecule is ClC[P+](c1ccccc1)(c1ccccc1)c1ccccc1.c1ccc([B-](c2ccccc2)(c2ccccc2)c2ccccc2)cc1. The van der Waals surface area contributed by atoms with Crippen molar-refractivity contribution in [2.75, 3.05) is 5.62 Å². The van der Waals surface area contributed by atoms with Crippen LogP contribution in [0.4, 0.5) is 0 Å². The monoisotopic (exact) mass is 630 g/mol. The summed E-state index contributed by atoms with van der Waals surface area (Å²) in [6, 6.07) is 75.5. The molecule has 0 aliphatic carbocycles. The molecule has 3 heteroatoms. The first-order valence-electron chi connectivity index (χ1n) is 15.8. The minimum absolute atomic E-state index is 0.616. The molecule has 7 rings (SSSR count). The predicted octanol–water partition coefficient (Wildman–Crippen LogP) is 7.24. The maximum Gasteiger partial charge on any atom is 0.146 e. The zero-order valence-corrected chi connectivity index (χ0v) is 27.5. The van der Waals surface area contributed by atoms with Crippen molar-refractivity contribution in [2.24, 2.45) is 0 Å². The summed E-state index contributed by atoms with van der Waals surface area (Å²) in [6.07, 6.45) is -1.22. The molecule has 0 saturated heterocycles. The largest absolute Gasteiger partial charge is 0.195 e. The van der Waals surface area contributed by atoms with Gasteiger partial charge in [0.1, 0.15) is 34.9 Å². The minimum Gasteiger partial charge on any atom is -0.195 e. The molecule has 0 N–H and O–H groups in total. The molecule has 224 valence electrons. The van der Waals surface area contributed by atoms with Crippen molar-refractivity contribution in [1.29, 1.82) is 0 Å². The highest BCUT2D eigenvalue weighted by Crippen LogP contribution is 2.55. The molecule has 0 aromatic heterocycles. The Balaban J connectivity index is 0.000000164. The summed E-state index contributed by atoms with van der Waals surface area (Å²) >= 11 is 6.58. The van der Waals surface area contributed by atoms with Crippen LogP contribution in [0, 0.1) is 0 Å². The molecule has 0 spiro atoms. The van der Waals surface area contributed by atoms with Crippen molar-refractivity contribution in [3.8, 4) is 0 Å². The van der Waals surface area contributed by atoms with Crippen LogP contribution in [0.15, 0.2) is 212 Å². The Morgan fingerprint density at radius 3 is 0.696 bits per heavy atom. The third kappa shape index (κ3) is 6.23. The molecule has 0 unspecified atom stereocenters. The Labute approximate surface area is 279 Å². The molecule has 0 aliphatic rings.